The number of para-hydroxylation sites is 1. The molecule has 0 saturated heterocycles. The summed E-state index contributed by atoms with van der Waals surface area (Å²) < 4.78 is 37.1. The third-order valence-corrected chi connectivity index (χ3v) is 6.49. The molecule has 4 aromatic rings. The van der Waals surface area contributed by atoms with Crippen molar-refractivity contribution in [3.8, 4) is 28.6 Å². The zero-order valence-corrected chi connectivity index (χ0v) is 22.1. The fourth-order valence-corrected chi connectivity index (χ4v) is 4.61. The highest BCUT2D eigenvalue weighted by molar-refractivity contribution is 7.77. The van der Waals surface area contributed by atoms with E-state index in [0.717, 1.165) is 16.7 Å². The molecule has 11 nitrogen and oxygen atoms in total. The highest BCUT2D eigenvalue weighted by Gasteiger charge is 2.29. The summed E-state index contributed by atoms with van der Waals surface area (Å²) in [7, 11) is 3.17. The molecule has 3 atom stereocenters. The lowest BCUT2D eigenvalue weighted by Crippen LogP contribution is -2.35. The number of methoxy groups -OCH3 is 2. The van der Waals surface area contributed by atoms with Gasteiger partial charge in [-0.25, -0.2) is 18.9 Å². The van der Waals surface area contributed by atoms with E-state index in [-0.39, 0.29) is 0 Å². The van der Waals surface area contributed by atoms with E-state index < -0.39 is 23.2 Å². The molecule has 4 rings (SSSR count). The molecule has 0 saturated carbocycles. The lowest BCUT2D eigenvalue weighted by Gasteiger charge is -2.23. The SMILES string of the molecule is COc1cccc(OC)c1-n1c(C[C@@H](c2ncc(C)cn2)[C@@H](C)NS(=O)O)nnc1-c1cncc(C)c1. The van der Waals surface area contributed by atoms with Crippen molar-refractivity contribution in [2.24, 2.45) is 0 Å². The van der Waals surface area contributed by atoms with Gasteiger partial charge in [-0.3, -0.25) is 14.1 Å². The molecule has 3 aromatic heterocycles. The van der Waals surface area contributed by atoms with Crippen LogP contribution in [0.15, 0.2) is 49.1 Å². The summed E-state index contributed by atoms with van der Waals surface area (Å²) in [6.07, 6.45) is 7.22. The van der Waals surface area contributed by atoms with E-state index >= 15 is 0 Å². The van der Waals surface area contributed by atoms with Crippen molar-refractivity contribution < 1.29 is 18.2 Å². The Morgan fingerprint density at radius 2 is 1.70 bits per heavy atom. The van der Waals surface area contributed by atoms with Crippen LogP contribution < -0.4 is 14.2 Å². The average molecular weight is 524 g/mol. The molecule has 1 aromatic carbocycles. The third-order valence-electron chi connectivity index (χ3n) is 5.91. The van der Waals surface area contributed by atoms with Crippen LogP contribution in [0.1, 0.15) is 35.6 Å². The van der Waals surface area contributed by atoms with Crippen LogP contribution in [-0.4, -0.2) is 58.7 Å². The molecule has 0 aliphatic rings. The van der Waals surface area contributed by atoms with E-state index in [1.165, 1.54) is 0 Å². The number of pyridine rings is 1. The number of aryl methyl sites for hydroxylation is 2. The summed E-state index contributed by atoms with van der Waals surface area (Å²) in [5.74, 6) is 2.33. The minimum absolute atomic E-state index is 0.294. The van der Waals surface area contributed by atoms with Crippen LogP contribution in [-0.2, 0) is 17.7 Å². The molecule has 37 heavy (non-hydrogen) atoms. The monoisotopic (exact) mass is 523 g/mol. The maximum atomic E-state index is 11.6. The van der Waals surface area contributed by atoms with Crippen LogP contribution >= 0.6 is 0 Å². The van der Waals surface area contributed by atoms with Crippen LogP contribution in [0.3, 0.4) is 0 Å². The summed E-state index contributed by atoms with van der Waals surface area (Å²) in [6.45, 7) is 5.66. The van der Waals surface area contributed by atoms with Gasteiger partial charge < -0.3 is 9.47 Å². The van der Waals surface area contributed by atoms with Gasteiger partial charge in [-0.15, -0.1) is 10.2 Å². The van der Waals surface area contributed by atoms with Crippen LogP contribution in [0.5, 0.6) is 11.5 Å². The molecule has 1 unspecified atom stereocenters. The summed E-state index contributed by atoms with van der Waals surface area (Å²) >= 11 is -2.23. The Hall–Kier alpha value is -3.74. The Morgan fingerprint density at radius 3 is 2.30 bits per heavy atom. The van der Waals surface area contributed by atoms with Gasteiger partial charge in [-0.2, -0.15) is 0 Å². The van der Waals surface area contributed by atoms with Crippen LogP contribution in [0, 0.1) is 13.8 Å². The van der Waals surface area contributed by atoms with Crippen molar-refractivity contribution in [3.05, 3.63) is 71.8 Å². The van der Waals surface area contributed by atoms with Crippen molar-refractivity contribution in [2.75, 3.05) is 14.2 Å². The third kappa shape index (κ3) is 5.82. The summed E-state index contributed by atoms with van der Waals surface area (Å²) in [5.41, 5.74) is 3.26. The molecule has 3 heterocycles. The minimum Gasteiger partial charge on any atom is -0.494 e. The van der Waals surface area contributed by atoms with Gasteiger partial charge >= 0.3 is 0 Å². The van der Waals surface area contributed by atoms with Gasteiger partial charge in [-0.1, -0.05) is 6.07 Å². The molecule has 0 aliphatic heterocycles. The number of hydrogen-bond acceptors (Lipinski definition) is 8. The number of aromatic nitrogens is 6. The van der Waals surface area contributed by atoms with Gasteiger partial charge in [0.15, 0.2) is 5.82 Å². The minimum atomic E-state index is -2.23. The van der Waals surface area contributed by atoms with E-state index in [2.05, 4.69) is 29.9 Å². The van der Waals surface area contributed by atoms with Crippen LogP contribution in [0.25, 0.3) is 17.1 Å². The number of nitrogens with zero attached hydrogens (tertiary/aromatic N) is 6. The first-order valence-electron chi connectivity index (χ1n) is 11.6. The summed E-state index contributed by atoms with van der Waals surface area (Å²) in [6, 6.07) is 7.00. The maximum Gasteiger partial charge on any atom is 0.231 e. The van der Waals surface area contributed by atoms with Gasteiger partial charge in [0.25, 0.3) is 0 Å². The van der Waals surface area contributed by atoms with Crippen molar-refractivity contribution in [3.63, 3.8) is 0 Å². The molecule has 0 radical (unpaired) electrons. The number of benzene rings is 1. The zero-order chi connectivity index (χ0) is 26.5. The lowest BCUT2D eigenvalue weighted by atomic mass is 9.96. The van der Waals surface area contributed by atoms with Gasteiger partial charge in [0.1, 0.15) is 28.8 Å². The second-order valence-electron chi connectivity index (χ2n) is 8.62. The van der Waals surface area contributed by atoms with E-state index in [0.29, 0.717) is 41.1 Å². The van der Waals surface area contributed by atoms with Crippen LogP contribution in [0.2, 0.25) is 0 Å². The van der Waals surface area contributed by atoms with E-state index in [9.17, 15) is 8.76 Å². The first-order valence-corrected chi connectivity index (χ1v) is 12.7. The highest BCUT2D eigenvalue weighted by atomic mass is 32.2. The van der Waals surface area contributed by atoms with Crippen molar-refractivity contribution in [1.29, 1.82) is 0 Å². The summed E-state index contributed by atoms with van der Waals surface area (Å²) in [5, 5.41) is 9.07. The average Bonchev–Trinajstić information content (AvgIpc) is 3.30. The van der Waals surface area contributed by atoms with Crippen molar-refractivity contribution in [1.82, 2.24) is 34.4 Å². The smallest absolute Gasteiger partial charge is 0.231 e. The molecule has 0 spiro atoms. The van der Waals surface area contributed by atoms with Gasteiger partial charge in [0.05, 0.1) is 14.2 Å². The van der Waals surface area contributed by atoms with Crippen LogP contribution in [0.4, 0.5) is 0 Å². The largest absolute Gasteiger partial charge is 0.494 e. The number of nitrogens with one attached hydrogen (secondary N) is 1. The quantitative estimate of drug-likeness (QED) is 0.300. The number of rotatable bonds is 10. The fourth-order valence-electron chi connectivity index (χ4n) is 4.12. The van der Waals surface area contributed by atoms with Crippen molar-refractivity contribution in [2.45, 2.75) is 39.2 Å². The number of hydrogen-bond donors (Lipinski definition) is 2. The first-order chi connectivity index (χ1) is 17.8. The molecular formula is C25H29N7O4S. The Balaban J connectivity index is 1.92. The molecule has 0 fully saturated rings. The lowest BCUT2D eigenvalue weighted by molar-refractivity contribution is 0.390. The Bertz CT molecular complexity index is 1370. The molecule has 12 heteroatoms. The van der Waals surface area contributed by atoms with E-state index in [1.54, 1.807) is 45.9 Å². The highest BCUT2D eigenvalue weighted by Crippen LogP contribution is 2.37. The second-order valence-corrected chi connectivity index (χ2v) is 9.36. The van der Waals surface area contributed by atoms with Gasteiger partial charge in [0.2, 0.25) is 11.3 Å². The molecule has 194 valence electrons. The standard InChI is InChI=1S/C25H29N7O4S/c1-15-9-18(14-26-11-15)25-30-29-22(32(25)23-20(35-4)7-6-8-21(23)36-5)10-19(17(3)31-37(33)34)24-27-12-16(2)13-28-24/h6-9,11-14,17,19,31H,10H2,1-5H3,(H,33,34)/t17-,19-/m1/s1. The maximum absolute atomic E-state index is 11.6. The summed E-state index contributed by atoms with van der Waals surface area (Å²) in [4.78, 5) is 13.3. The van der Waals surface area contributed by atoms with E-state index in [1.807, 2.05) is 42.7 Å². The predicted octanol–water partition coefficient (Wildman–Crippen LogP) is 3.19. The Labute approximate surface area is 217 Å². The molecule has 0 bridgehead atoms. The topological polar surface area (TPSA) is 137 Å². The zero-order valence-electron chi connectivity index (χ0n) is 21.2. The molecule has 0 amide bonds. The first kappa shape index (κ1) is 26.3. The van der Waals surface area contributed by atoms with Gasteiger partial charge in [0, 0.05) is 48.7 Å². The molecule has 2 N–H and O–H groups in total. The van der Waals surface area contributed by atoms with Gasteiger partial charge in [-0.05, 0) is 50.1 Å². The predicted molar refractivity (Wildman–Crippen MR) is 139 cm³/mol. The second kappa shape index (κ2) is 11.5. The normalized spacial score (nSPS) is 13.7. The fraction of sp³-hybridized carbons (Fsp3) is 0.320. The molecular weight excluding hydrogens is 494 g/mol. The number of ether oxygens (including phenoxy) is 2. The Kier molecular flexibility index (Phi) is 8.21. The Morgan fingerprint density at radius 1 is 1.03 bits per heavy atom. The molecule has 0 aliphatic carbocycles. The van der Waals surface area contributed by atoms with Crippen molar-refractivity contribution >= 4 is 11.3 Å². The van der Waals surface area contributed by atoms with E-state index in [4.69, 9.17) is 9.47 Å².